The van der Waals surface area contributed by atoms with Crippen LogP contribution in [0.5, 0.6) is 11.5 Å². The van der Waals surface area contributed by atoms with E-state index in [-0.39, 0.29) is 12.7 Å². The summed E-state index contributed by atoms with van der Waals surface area (Å²) in [4.78, 5) is 14.5. The van der Waals surface area contributed by atoms with Gasteiger partial charge in [-0.15, -0.1) is 0 Å². The summed E-state index contributed by atoms with van der Waals surface area (Å²) in [5.41, 5.74) is 0.673. The van der Waals surface area contributed by atoms with E-state index in [0.717, 1.165) is 32.5 Å². The number of ether oxygens (including phenoxy) is 2. The molecule has 20 heavy (non-hydrogen) atoms. The number of piperidine rings is 1. The highest BCUT2D eigenvalue weighted by molar-refractivity contribution is 5.95. The van der Waals surface area contributed by atoms with Crippen molar-refractivity contribution in [2.24, 2.45) is 0 Å². The Kier molecular flexibility index (Phi) is 3.78. The molecule has 108 valence electrons. The van der Waals surface area contributed by atoms with E-state index < -0.39 is 0 Å². The van der Waals surface area contributed by atoms with Crippen molar-refractivity contribution in [3.8, 4) is 11.5 Å². The van der Waals surface area contributed by atoms with E-state index in [4.69, 9.17) is 9.47 Å². The van der Waals surface area contributed by atoms with Crippen LogP contribution in [0.4, 0.5) is 0 Å². The van der Waals surface area contributed by atoms with Gasteiger partial charge in [0.1, 0.15) is 0 Å². The number of likely N-dealkylation sites (tertiary alicyclic amines) is 1. The molecule has 0 saturated carbocycles. The van der Waals surface area contributed by atoms with E-state index in [2.05, 4.69) is 12.2 Å². The van der Waals surface area contributed by atoms with Gasteiger partial charge in [-0.1, -0.05) is 6.92 Å². The number of carbonyl (C=O) groups excluding carboxylic acids is 1. The van der Waals surface area contributed by atoms with Crippen molar-refractivity contribution in [3.63, 3.8) is 0 Å². The van der Waals surface area contributed by atoms with Crippen molar-refractivity contribution in [2.45, 2.75) is 25.8 Å². The van der Waals surface area contributed by atoms with E-state index in [0.29, 0.717) is 23.1 Å². The summed E-state index contributed by atoms with van der Waals surface area (Å²) in [6.45, 7) is 4.88. The van der Waals surface area contributed by atoms with Crippen molar-refractivity contribution in [1.82, 2.24) is 10.2 Å². The van der Waals surface area contributed by atoms with Gasteiger partial charge in [0.25, 0.3) is 5.91 Å². The first-order valence-electron chi connectivity index (χ1n) is 7.20. The van der Waals surface area contributed by atoms with Gasteiger partial charge in [-0.2, -0.15) is 0 Å². The maximum atomic E-state index is 12.6. The summed E-state index contributed by atoms with van der Waals surface area (Å²) >= 11 is 0. The molecular formula is C15H20N2O3. The zero-order valence-electron chi connectivity index (χ0n) is 11.7. The smallest absolute Gasteiger partial charge is 0.254 e. The van der Waals surface area contributed by atoms with Gasteiger partial charge in [0, 0.05) is 24.7 Å². The molecule has 0 aliphatic carbocycles. The average Bonchev–Trinajstić information content (AvgIpc) is 2.94. The van der Waals surface area contributed by atoms with Gasteiger partial charge in [0.2, 0.25) is 6.79 Å². The van der Waals surface area contributed by atoms with Gasteiger partial charge in [-0.25, -0.2) is 0 Å². The zero-order valence-corrected chi connectivity index (χ0v) is 11.7. The Bertz CT molecular complexity index is 502. The van der Waals surface area contributed by atoms with Crippen LogP contribution in [-0.2, 0) is 0 Å². The van der Waals surface area contributed by atoms with E-state index in [1.165, 1.54) is 0 Å². The Labute approximate surface area is 118 Å². The summed E-state index contributed by atoms with van der Waals surface area (Å²) < 4.78 is 10.6. The number of likely N-dealkylation sites (N-methyl/N-ethyl adjacent to an activating group) is 1. The zero-order chi connectivity index (χ0) is 13.9. The first-order valence-corrected chi connectivity index (χ1v) is 7.20. The topological polar surface area (TPSA) is 50.8 Å². The molecule has 0 spiro atoms. The largest absolute Gasteiger partial charge is 0.454 e. The number of carbonyl (C=O) groups is 1. The minimum Gasteiger partial charge on any atom is -0.454 e. The Hall–Kier alpha value is -1.75. The molecule has 1 saturated heterocycles. The van der Waals surface area contributed by atoms with E-state index in [1.54, 1.807) is 12.1 Å². The maximum Gasteiger partial charge on any atom is 0.254 e. The fourth-order valence-electron chi connectivity index (χ4n) is 2.83. The Morgan fingerprint density at radius 1 is 1.40 bits per heavy atom. The van der Waals surface area contributed by atoms with E-state index in [9.17, 15) is 4.79 Å². The van der Waals surface area contributed by atoms with Crippen molar-refractivity contribution >= 4 is 5.91 Å². The van der Waals surface area contributed by atoms with Crippen LogP contribution in [-0.4, -0.2) is 43.3 Å². The van der Waals surface area contributed by atoms with Crippen LogP contribution >= 0.6 is 0 Å². The molecule has 1 unspecified atom stereocenters. The Morgan fingerprint density at radius 2 is 2.25 bits per heavy atom. The molecule has 1 N–H and O–H groups in total. The van der Waals surface area contributed by atoms with Crippen LogP contribution < -0.4 is 14.8 Å². The number of nitrogens with zero attached hydrogens (tertiary/aromatic N) is 1. The molecule has 1 amide bonds. The van der Waals surface area contributed by atoms with Gasteiger partial charge >= 0.3 is 0 Å². The van der Waals surface area contributed by atoms with Gasteiger partial charge in [-0.05, 0) is 37.6 Å². The van der Waals surface area contributed by atoms with Gasteiger partial charge in [0.05, 0.1) is 0 Å². The number of nitrogens with one attached hydrogen (secondary N) is 1. The summed E-state index contributed by atoms with van der Waals surface area (Å²) in [6.07, 6.45) is 2.19. The van der Waals surface area contributed by atoms with Crippen LogP contribution in [0.15, 0.2) is 18.2 Å². The van der Waals surface area contributed by atoms with Gasteiger partial charge < -0.3 is 19.7 Å². The maximum absolute atomic E-state index is 12.6. The lowest BCUT2D eigenvalue weighted by Gasteiger charge is -2.33. The highest BCUT2D eigenvalue weighted by Gasteiger charge is 2.25. The number of rotatable bonds is 3. The predicted molar refractivity (Wildman–Crippen MR) is 75.2 cm³/mol. The first kappa shape index (κ1) is 13.2. The molecule has 5 heteroatoms. The summed E-state index contributed by atoms with van der Waals surface area (Å²) in [5.74, 6) is 1.45. The molecule has 0 aromatic heterocycles. The van der Waals surface area contributed by atoms with E-state index in [1.807, 2.05) is 11.0 Å². The summed E-state index contributed by atoms with van der Waals surface area (Å²) in [7, 11) is 0. The number of amides is 1. The summed E-state index contributed by atoms with van der Waals surface area (Å²) in [5, 5.41) is 3.42. The van der Waals surface area contributed by atoms with Crippen LogP contribution in [0.3, 0.4) is 0 Å². The van der Waals surface area contributed by atoms with Crippen molar-refractivity contribution in [3.05, 3.63) is 23.8 Å². The van der Waals surface area contributed by atoms with Crippen molar-refractivity contribution in [2.75, 3.05) is 26.4 Å². The third kappa shape index (κ3) is 2.58. The minimum atomic E-state index is 0.0749. The molecule has 0 radical (unpaired) electrons. The fourth-order valence-corrected chi connectivity index (χ4v) is 2.83. The molecular weight excluding hydrogens is 256 g/mol. The van der Waals surface area contributed by atoms with E-state index >= 15 is 0 Å². The third-order valence-corrected chi connectivity index (χ3v) is 3.82. The quantitative estimate of drug-likeness (QED) is 0.911. The molecule has 1 aromatic carbocycles. The molecule has 5 nitrogen and oxygen atoms in total. The van der Waals surface area contributed by atoms with Crippen LogP contribution in [0.25, 0.3) is 0 Å². The highest BCUT2D eigenvalue weighted by Crippen LogP contribution is 2.33. The molecule has 0 bridgehead atoms. The van der Waals surface area contributed by atoms with Crippen LogP contribution in [0.2, 0.25) is 0 Å². The Balaban J connectivity index is 1.72. The first-order chi connectivity index (χ1) is 9.78. The lowest BCUT2D eigenvalue weighted by molar-refractivity contribution is 0.0695. The second-order valence-electron chi connectivity index (χ2n) is 5.22. The van der Waals surface area contributed by atoms with Crippen LogP contribution in [0, 0.1) is 0 Å². The summed E-state index contributed by atoms with van der Waals surface area (Å²) in [6, 6.07) is 5.81. The van der Waals surface area contributed by atoms with Crippen molar-refractivity contribution in [1.29, 1.82) is 0 Å². The standard InChI is InChI=1S/C15H20N2O3/c1-2-16-12-4-3-7-17(9-12)15(18)11-5-6-13-14(8-11)20-10-19-13/h5-6,8,12,16H,2-4,7,9-10H2,1H3. The van der Waals surface area contributed by atoms with Crippen molar-refractivity contribution < 1.29 is 14.3 Å². The SMILES string of the molecule is CCNC1CCCN(C(=O)c2ccc3c(c2)OCO3)C1. The number of hydrogen-bond donors (Lipinski definition) is 1. The molecule has 2 aliphatic rings. The molecule has 1 atom stereocenters. The highest BCUT2D eigenvalue weighted by atomic mass is 16.7. The molecule has 1 aromatic rings. The van der Waals surface area contributed by atoms with Crippen LogP contribution in [0.1, 0.15) is 30.1 Å². The minimum absolute atomic E-state index is 0.0749. The molecule has 2 aliphatic heterocycles. The van der Waals surface area contributed by atoms with Gasteiger partial charge in [-0.3, -0.25) is 4.79 Å². The molecule has 3 rings (SSSR count). The predicted octanol–water partition coefficient (Wildman–Crippen LogP) is 1.63. The Morgan fingerprint density at radius 3 is 3.10 bits per heavy atom. The average molecular weight is 276 g/mol. The second kappa shape index (κ2) is 5.71. The second-order valence-corrected chi connectivity index (χ2v) is 5.22. The fraction of sp³-hybridized carbons (Fsp3) is 0.533. The molecule has 2 heterocycles. The lowest BCUT2D eigenvalue weighted by Crippen LogP contribution is -2.47. The number of fused-ring (bicyclic) bond motifs is 1. The number of hydrogen-bond acceptors (Lipinski definition) is 4. The lowest BCUT2D eigenvalue weighted by atomic mass is 10.0. The molecule has 1 fully saturated rings. The monoisotopic (exact) mass is 276 g/mol. The van der Waals surface area contributed by atoms with Gasteiger partial charge in [0.15, 0.2) is 11.5 Å². The number of benzene rings is 1. The normalized spacial score (nSPS) is 21.1. The third-order valence-electron chi connectivity index (χ3n) is 3.82.